The lowest BCUT2D eigenvalue weighted by Crippen LogP contribution is -2.68. The third-order valence-corrected chi connectivity index (χ3v) is 13.5. The predicted molar refractivity (Wildman–Crippen MR) is 155 cm³/mol. The Morgan fingerprint density at radius 1 is 0.949 bits per heavy atom. The summed E-state index contributed by atoms with van der Waals surface area (Å²) in [7, 11) is 0. The Balaban J connectivity index is 1.48. The molecule has 6 atom stereocenters. The van der Waals surface area contributed by atoms with Crippen LogP contribution in [0.15, 0.2) is 94.3 Å². The Labute approximate surface area is 239 Å². The highest BCUT2D eigenvalue weighted by atomic mass is 32.2. The molecule has 0 aliphatic heterocycles. The minimum absolute atomic E-state index is 0.0902. The van der Waals surface area contributed by atoms with Crippen LogP contribution in [0.1, 0.15) is 52.9 Å². The summed E-state index contributed by atoms with van der Waals surface area (Å²) in [4.78, 5) is 27.2. The quantitative estimate of drug-likeness (QED) is 0.271. The Kier molecular flexibility index (Phi) is 6.66. The number of hydrogen-bond acceptors (Lipinski definition) is 5. The normalized spacial score (nSPS) is 36.4. The molecule has 4 aliphatic rings. The van der Waals surface area contributed by atoms with Crippen LogP contribution in [0.2, 0.25) is 0 Å². The summed E-state index contributed by atoms with van der Waals surface area (Å²) in [5.74, 6) is -0.711. The maximum absolute atomic E-state index is 18.1. The van der Waals surface area contributed by atoms with Crippen LogP contribution in [-0.2, 0) is 14.3 Å². The van der Waals surface area contributed by atoms with Crippen molar-refractivity contribution in [2.24, 2.45) is 22.7 Å². The molecular formula is C33H35FO3S2. The van der Waals surface area contributed by atoms with Crippen molar-refractivity contribution >= 4 is 35.3 Å². The zero-order valence-electron chi connectivity index (χ0n) is 22.7. The lowest BCUT2D eigenvalue weighted by Gasteiger charge is -2.63. The van der Waals surface area contributed by atoms with Crippen molar-refractivity contribution in [3.63, 3.8) is 0 Å². The van der Waals surface area contributed by atoms with Gasteiger partial charge in [-0.3, -0.25) is 9.59 Å². The van der Waals surface area contributed by atoms with E-state index in [2.05, 4.69) is 55.5 Å². The summed E-state index contributed by atoms with van der Waals surface area (Å²) in [6, 6.07) is 21.0. The lowest BCUT2D eigenvalue weighted by molar-refractivity contribution is -0.209. The summed E-state index contributed by atoms with van der Waals surface area (Å²) in [6.07, 6.45) is 7.60. The maximum atomic E-state index is 18.1. The van der Waals surface area contributed by atoms with Crippen LogP contribution in [0.3, 0.4) is 0 Å². The zero-order chi connectivity index (χ0) is 27.5. The van der Waals surface area contributed by atoms with Crippen LogP contribution in [0, 0.1) is 22.7 Å². The third-order valence-electron chi connectivity index (χ3n) is 10.0. The fraction of sp³-hybridized carbons (Fsp3) is 0.455. The van der Waals surface area contributed by atoms with Gasteiger partial charge in [-0.15, -0.1) is 23.5 Å². The molecule has 0 aromatic heterocycles. The number of esters is 1. The van der Waals surface area contributed by atoms with Crippen LogP contribution in [0.25, 0.3) is 0 Å². The number of fused-ring (bicyclic) bond motifs is 5. The number of ketones is 1. The minimum atomic E-state index is -1.78. The minimum Gasteiger partial charge on any atom is -0.459 e. The SMILES string of the molecule is CC(=O)O[C@H]1C[C@@]2(C)[C@@H](CCC2(Sc2ccccc2)Sc2ccccc2)[C@@H]2CCC3=CC(=O)C=C[C@]3(C)C12F. The number of allylic oxidation sites excluding steroid dienone is 4. The molecule has 3 saturated carbocycles. The molecule has 0 radical (unpaired) electrons. The molecule has 4 aliphatic carbocycles. The van der Waals surface area contributed by atoms with Gasteiger partial charge in [0.25, 0.3) is 0 Å². The van der Waals surface area contributed by atoms with Crippen molar-refractivity contribution in [3.05, 3.63) is 84.5 Å². The van der Waals surface area contributed by atoms with Gasteiger partial charge in [-0.05, 0) is 86.8 Å². The number of halogens is 1. The van der Waals surface area contributed by atoms with Gasteiger partial charge in [0, 0.05) is 28.0 Å². The molecule has 0 heterocycles. The average Bonchev–Trinajstić information content (AvgIpc) is 3.17. The van der Waals surface area contributed by atoms with Gasteiger partial charge in [0.05, 0.1) is 4.08 Å². The highest BCUT2D eigenvalue weighted by Crippen LogP contribution is 2.75. The summed E-state index contributed by atoms with van der Waals surface area (Å²) in [5, 5.41) is 0. The van der Waals surface area contributed by atoms with Crippen LogP contribution >= 0.6 is 23.5 Å². The second-order valence-electron chi connectivity index (χ2n) is 12.0. The van der Waals surface area contributed by atoms with Crippen molar-refractivity contribution in [1.82, 2.24) is 0 Å². The Hall–Kier alpha value is -2.31. The van der Waals surface area contributed by atoms with E-state index in [4.69, 9.17) is 4.74 Å². The number of alkyl halides is 1. The van der Waals surface area contributed by atoms with E-state index < -0.39 is 23.2 Å². The largest absolute Gasteiger partial charge is 0.459 e. The topological polar surface area (TPSA) is 43.4 Å². The smallest absolute Gasteiger partial charge is 0.303 e. The molecule has 6 heteroatoms. The van der Waals surface area contributed by atoms with E-state index >= 15 is 4.39 Å². The molecule has 0 N–H and O–H groups in total. The summed E-state index contributed by atoms with van der Waals surface area (Å²) in [6.45, 7) is 5.61. The Morgan fingerprint density at radius 2 is 1.56 bits per heavy atom. The molecule has 3 nitrogen and oxygen atoms in total. The first-order valence-corrected chi connectivity index (χ1v) is 15.5. The monoisotopic (exact) mass is 562 g/mol. The molecule has 2 aromatic carbocycles. The molecule has 39 heavy (non-hydrogen) atoms. The summed E-state index contributed by atoms with van der Waals surface area (Å²) < 4.78 is 23.8. The van der Waals surface area contributed by atoms with Crippen molar-refractivity contribution in [1.29, 1.82) is 0 Å². The standard InChI is InChI=1S/C33H35FO3S2/c1-22(35)37-29-21-31(3)27(28-15-14-23-20-24(36)16-18-30(23,2)33(28,29)34)17-19-32(31,38-25-10-6-4-7-11-25)39-26-12-8-5-9-13-26/h4-13,16,18,20,27-29H,14-15,17,19,21H2,1-3H3/t27-,28-,29-,30-,31-,33?/m0/s1. The first-order valence-electron chi connectivity index (χ1n) is 13.9. The average molecular weight is 563 g/mol. The van der Waals surface area contributed by atoms with Gasteiger partial charge in [0.1, 0.15) is 6.10 Å². The zero-order valence-corrected chi connectivity index (χ0v) is 24.3. The van der Waals surface area contributed by atoms with Gasteiger partial charge in [0.2, 0.25) is 0 Å². The van der Waals surface area contributed by atoms with E-state index in [0.717, 1.165) is 18.4 Å². The van der Waals surface area contributed by atoms with E-state index in [1.807, 2.05) is 42.6 Å². The highest BCUT2D eigenvalue weighted by Gasteiger charge is 2.74. The molecule has 1 unspecified atom stereocenters. The molecule has 0 saturated heterocycles. The molecule has 0 spiro atoms. The number of carbonyl (C=O) groups excluding carboxylic acids is 2. The van der Waals surface area contributed by atoms with Crippen LogP contribution in [0.5, 0.6) is 0 Å². The molecule has 2 aromatic rings. The van der Waals surface area contributed by atoms with Crippen LogP contribution in [-0.4, -0.2) is 27.6 Å². The number of rotatable bonds is 5. The highest BCUT2D eigenvalue weighted by molar-refractivity contribution is 8.18. The molecule has 0 bridgehead atoms. The number of benzene rings is 2. The van der Waals surface area contributed by atoms with Gasteiger partial charge in [-0.25, -0.2) is 4.39 Å². The van der Waals surface area contributed by atoms with E-state index in [0.29, 0.717) is 19.3 Å². The molecule has 0 amide bonds. The Morgan fingerprint density at radius 3 is 2.15 bits per heavy atom. The van der Waals surface area contributed by atoms with Gasteiger partial charge in [-0.2, -0.15) is 0 Å². The van der Waals surface area contributed by atoms with Gasteiger partial charge in [0.15, 0.2) is 11.5 Å². The third kappa shape index (κ3) is 4.08. The fourth-order valence-electron chi connectivity index (χ4n) is 8.16. The first kappa shape index (κ1) is 26.9. The van der Waals surface area contributed by atoms with Crippen LogP contribution in [0.4, 0.5) is 4.39 Å². The van der Waals surface area contributed by atoms with E-state index in [9.17, 15) is 9.59 Å². The predicted octanol–water partition coefficient (Wildman–Crippen LogP) is 8.21. The van der Waals surface area contributed by atoms with Crippen molar-refractivity contribution in [2.45, 2.75) is 78.5 Å². The first-order chi connectivity index (χ1) is 18.6. The summed E-state index contributed by atoms with van der Waals surface area (Å²) >= 11 is 3.78. The molecular weight excluding hydrogens is 527 g/mol. The van der Waals surface area contributed by atoms with Crippen molar-refractivity contribution < 1.29 is 18.7 Å². The molecule has 204 valence electrons. The van der Waals surface area contributed by atoms with E-state index in [1.54, 1.807) is 12.2 Å². The van der Waals surface area contributed by atoms with Gasteiger partial charge >= 0.3 is 5.97 Å². The second kappa shape index (κ2) is 9.66. The molecule has 3 fully saturated rings. The number of hydrogen-bond donors (Lipinski definition) is 0. The van der Waals surface area contributed by atoms with E-state index in [-0.39, 0.29) is 27.1 Å². The van der Waals surface area contributed by atoms with Gasteiger partial charge < -0.3 is 4.74 Å². The van der Waals surface area contributed by atoms with Crippen molar-refractivity contribution in [3.8, 4) is 0 Å². The van der Waals surface area contributed by atoms with Crippen LogP contribution < -0.4 is 0 Å². The number of ether oxygens (including phenoxy) is 1. The van der Waals surface area contributed by atoms with Crippen molar-refractivity contribution in [2.75, 3.05) is 0 Å². The fourth-order valence-corrected chi connectivity index (χ4v) is 11.6. The Bertz CT molecular complexity index is 1300. The van der Waals surface area contributed by atoms with E-state index in [1.165, 1.54) is 22.8 Å². The second-order valence-corrected chi connectivity index (χ2v) is 15.0. The summed E-state index contributed by atoms with van der Waals surface area (Å²) in [5.41, 5.74) is -2.23. The molecule has 6 rings (SSSR count). The number of carbonyl (C=O) groups is 2. The number of thioether (sulfide) groups is 2. The van der Waals surface area contributed by atoms with Gasteiger partial charge in [-0.1, -0.05) is 55.0 Å². The maximum Gasteiger partial charge on any atom is 0.303 e. The lowest BCUT2D eigenvalue weighted by atomic mass is 9.46.